The number of likely N-dealkylation sites (tertiary alicyclic amines) is 1. The fourth-order valence-corrected chi connectivity index (χ4v) is 3.90. The maximum Gasteiger partial charge on any atom is 0.191 e. The highest BCUT2D eigenvalue weighted by molar-refractivity contribution is 14.0. The Balaban J connectivity index is 0.00000363. The number of benzene rings is 2. The topological polar surface area (TPSA) is 58.1 Å². The molecule has 0 spiro atoms. The molecule has 0 aliphatic carbocycles. The summed E-state index contributed by atoms with van der Waals surface area (Å²) >= 11 is 0. The van der Waals surface area contributed by atoms with E-state index in [1.807, 2.05) is 18.2 Å². The second-order valence-electron chi connectivity index (χ2n) is 8.25. The van der Waals surface area contributed by atoms with Crippen LogP contribution in [-0.2, 0) is 19.6 Å². The molecule has 0 radical (unpaired) electrons. The lowest BCUT2D eigenvalue weighted by molar-refractivity contribution is 0.185. The summed E-state index contributed by atoms with van der Waals surface area (Å²) in [5.41, 5.74) is 3.73. The summed E-state index contributed by atoms with van der Waals surface area (Å²) in [7, 11) is 5.08. The van der Waals surface area contributed by atoms with Gasteiger partial charge in [0.15, 0.2) is 17.5 Å². The summed E-state index contributed by atoms with van der Waals surface area (Å²) in [6.07, 6.45) is 2.62. The SMILES string of the molecule is CN=C(NCc1cccc(CN2CCC(C)CC2)c1)NCc1ccc(OC)c(OC)c1.I. The van der Waals surface area contributed by atoms with Crippen LogP contribution in [0.25, 0.3) is 0 Å². The fraction of sp³-hybridized carbons (Fsp3) is 0.480. The van der Waals surface area contributed by atoms with Crippen LogP contribution >= 0.6 is 24.0 Å². The first kappa shape index (κ1) is 26.3. The number of aliphatic imine (C=N–C) groups is 1. The molecule has 6 nitrogen and oxygen atoms in total. The van der Waals surface area contributed by atoms with Gasteiger partial charge in [-0.15, -0.1) is 24.0 Å². The van der Waals surface area contributed by atoms with Gasteiger partial charge in [-0.2, -0.15) is 0 Å². The molecule has 1 saturated heterocycles. The van der Waals surface area contributed by atoms with Crippen molar-refractivity contribution in [3.05, 3.63) is 59.2 Å². The minimum atomic E-state index is 0. The molecule has 3 rings (SSSR count). The summed E-state index contributed by atoms with van der Waals surface area (Å²) in [6.45, 7) is 7.18. The highest BCUT2D eigenvalue weighted by Crippen LogP contribution is 2.27. The Morgan fingerprint density at radius 1 is 0.938 bits per heavy atom. The number of hydrogen-bond acceptors (Lipinski definition) is 4. The highest BCUT2D eigenvalue weighted by Gasteiger charge is 2.15. The van der Waals surface area contributed by atoms with Crippen molar-refractivity contribution in [1.82, 2.24) is 15.5 Å². The van der Waals surface area contributed by atoms with Crippen molar-refractivity contribution in [2.75, 3.05) is 34.4 Å². The Morgan fingerprint density at radius 2 is 1.56 bits per heavy atom. The fourth-order valence-electron chi connectivity index (χ4n) is 3.90. The van der Waals surface area contributed by atoms with Crippen LogP contribution in [-0.4, -0.2) is 45.2 Å². The van der Waals surface area contributed by atoms with Gasteiger partial charge in [-0.3, -0.25) is 9.89 Å². The Bertz CT molecular complexity index is 867. The van der Waals surface area contributed by atoms with Gasteiger partial charge in [-0.25, -0.2) is 0 Å². The first-order valence-electron chi connectivity index (χ1n) is 11.1. The van der Waals surface area contributed by atoms with E-state index in [2.05, 4.69) is 51.7 Å². The average molecular weight is 553 g/mol. The average Bonchev–Trinajstić information content (AvgIpc) is 2.80. The van der Waals surface area contributed by atoms with Gasteiger partial charge < -0.3 is 20.1 Å². The molecule has 1 fully saturated rings. The zero-order valence-corrected chi connectivity index (χ0v) is 22.0. The predicted molar refractivity (Wildman–Crippen MR) is 142 cm³/mol. The Labute approximate surface area is 209 Å². The molecule has 0 aromatic heterocycles. The smallest absolute Gasteiger partial charge is 0.191 e. The lowest BCUT2D eigenvalue weighted by Gasteiger charge is -2.30. The largest absolute Gasteiger partial charge is 0.493 e. The van der Waals surface area contributed by atoms with Gasteiger partial charge in [0.1, 0.15) is 0 Å². The van der Waals surface area contributed by atoms with Gasteiger partial charge in [0.2, 0.25) is 0 Å². The van der Waals surface area contributed by atoms with Crippen molar-refractivity contribution in [1.29, 1.82) is 0 Å². The van der Waals surface area contributed by atoms with Gasteiger partial charge in [0, 0.05) is 26.7 Å². The van der Waals surface area contributed by atoms with E-state index < -0.39 is 0 Å². The molecule has 32 heavy (non-hydrogen) atoms. The number of ether oxygens (including phenoxy) is 2. The number of hydrogen-bond donors (Lipinski definition) is 2. The molecule has 0 atom stereocenters. The van der Waals surface area contributed by atoms with E-state index in [4.69, 9.17) is 9.47 Å². The summed E-state index contributed by atoms with van der Waals surface area (Å²) in [6, 6.07) is 14.8. The minimum Gasteiger partial charge on any atom is -0.493 e. The van der Waals surface area contributed by atoms with Gasteiger partial charge in [-0.1, -0.05) is 37.3 Å². The molecule has 0 unspecified atom stereocenters. The number of piperidine rings is 1. The summed E-state index contributed by atoms with van der Waals surface area (Å²) in [5.74, 6) is 3.09. The van der Waals surface area contributed by atoms with Crippen molar-refractivity contribution in [3.8, 4) is 11.5 Å². The van der Waals surface area contributed by atoms with E-state index >= 15 is 0 Å². The zero-order valence-electron chi connectivity index (χ0n) is 19.7. The molecule has 1 aliphatic heterocycles. The summed E-state index contributed by atoms with van der Waals surface area (Å²) < 4.78 is 10.7. The second kappa shape index (κ2) is 13.5. The summed E-state index contributed by atoms with van der Waals surface area (Å²) in [4.78, 5) is 6.91. The number of nitrogens with zero attached hydrogens (tertiary/aromatic N) is 2. The molecule has 0 saturated carbocycles. The van der Waals surface area contributed by atoms with Crippen LogP contribution in [0.4, 0.5) is 0 Å². The third-order valence-corrected chi connectivity index (χ3v) is 5.87. The van der Waals surface area contributed by atoms with Crippen molar-refractivity contribution >= 4 is 29.9 Å². The normalized spacial score (nSPS) is 15.1. The maximum atomic E-state index is 5.38. The van der Waals surface area contributed by atoms with Crippen LogP contribution in [0.15, 0.2) is 47.5 Å². The molecule has 0 amide bonds. The standard InChI is InChI=1S/C25H36N4O2.HI/c1-19-10-12-29(13-11-19)18-22-7-5-6-20(14-22)16-27-25(26-2)28-17-21-8-9-23(30-3)24(15-21)31-4;/h5-9,14-15,19H,10-13,16-18H2,1-4H3,(H2,26,27,28);1H. The van der Waals surface area contributed by atoms with Gasteiger partial charge in [0.05, 0.1) is 14.2 Å². The molecule has 2 N–H and O–H groups in total. The molecule has 176 valence electrons. The number of halogens is 1. The lowest BCUT2D eigenvalue weighted by atomic mass is 9.98. The van der Waals surface area contributed by atoms with Crippen molar-refractivity contribution < 1.29 is 9.47 Å². The quantitative estimate of drug-likeness (QED) is 0.289. The lowest BCUT2D eigenvalue weighted by Crippen LogP contribution is -2.36. The van der Waals surface area contributed by atoms with E-state index in [1.165, 1.54) is 37.1 Å². The molecule has 1 aliphatic rings. The molecule has 2 aromatic rings. The van der Waals surface area contributed by atoms with E-state index in [1.54, 1.807) is 21.3 Å². The number of methoxy groups -OCH3 is 2. The van der Waals surface area contributed by atoms with Crippen molar-refractivity contribution in [3.63, 3.8) is 0 Å². The third-order valence-electron chi connectivity index (χ3n) is 5.87. The molecule has 1 heterocycles. The van der Waals surface area contributed by atoms with Gasteiger partial charge in [-0.05, 0) is 60.7 Å². The van der Waals surface area contributed by atoms with Crippen molar-refractivity contribution in [2.24, 2.45) is 10.9 Å². The predicted octanol–water partition coefficient (Wildman–Crippen LogP) is 4.42. The van der Waals surface area contributed by atoms with E-state index in [-0.39, 0.29) is 24.0 Å². The van der Waals surface area contributed by atoms with E-state index in [0.29, 0.717) is 6.54 Å². The van der Waals surface area contributed by atoms with Gasteiger partial charge in [0.25, 0.3) is 0 Å². The monoisotopic (exact) mass is 552 g/mol. The highest BCUT2D eigenvalue weighted by atomic mass is 127. The minimum absolute atomic E-state index is 0. The first-order valence-corrected chi connectivity index (χ1v) is 11.1. The third kappa shape index (κ3) is 7.85. The Morgan fingerprint density at radius 3 is 2.19 bits per heavy atom. The molecule has 7 heteroatoms. The van der Waals surface area contributed by atoms with Gasteiger partial charge >= 0.3 is 0 Å². The van der Waals surface area contributed by atoms with Crippen molar-refractivity contribution in [2.45, 2.75) is 39.4 Å². The number of nitrogens with one attached hydrogen (secondary N) is 2. The van der Waals surface area contributed by atoms with Crippen LogP contribution in [0.1, 0.15) is 36.5 Å². The van der Waals surface area contributed by atoms with Crippen LogP contribution in [0.5, 0.6) is 11.5 Å². The number of rotatable bonds is 8. The van der Waals surface area contributed by atoms with E-state index in [9.17, 15) is 0 Å². The first-order chi connectivity index (χ1) is 15.1. The summed E-state index contributed by atoms with van der Waals surface area (Å²) in [5, 5.41) is 6.78. The van der Waals surface area contributed by atoms with Crippen LogP contribution in [0, 0.1) is 5.92 Å². The molecule has 0 bridgehead atoms. The van der Waals surface area contributed by atoms with Crippen LogP contribution in [0.3, 0.4) is 0 Å². The molecule has 2 aromatic carbocycles. The second-order valence-corrected chi connectivity index (χ2v) is 8.25. The Hall–Kier alpha value is -2.00. The Kier molecular flexibility index (Phi) is 11.1. The molecular formula is C25H37IN4O2. The zero-order chi connectivity index (χ0) is 22.1. The number of guanidine groups is 1. The van der Waals surface area contributed by atoms with Crippen LogP contribution in [0.2, 0.25) is 0 Å². The van der Waals surface area contributed by atoms with E-state index in [0.717, 1.165) is 42.0 Å². The maximum absolute atomic E-state index is 5.38. The van der Waals surface area contributed by atoms with Crippen LogP contribution < -0.4 is 20.1 Å². The molecular weight excluding hydrogens is 515 g/mol.